The summed E-state index contributed by atoms with van der Waals surface area (Å²) < 4.78 is 43.2. The van der Waals surface area contributed by atoms with E-state index in [4.69, 9.17) is 0 Å². The van der Waals surface area contributed by atoms with Crippen LogP contribution in [0.3, 0.4) is 0 Å². The Morgan fingerprint density at radius 2 is 1.97 bits per heavy atom. The Bertz CT molecular complexity index is 1470. The molecule has 1 amide bonds. The van der Waals surface area contributed by atoms with Crippen LogP contribution in [-0.2, 0) is 14.8 Å². The monoisotopic (exact) mass is 499 g/mol. The zero-order valence-corrected chi connectivity index (χ0v) is 19.9. The first-order valence-corrected chi connectivity index (χ1v) is 13.1. The maximum atomic E-state index is 13.6. The molecule has 0 spiro atoms. The number of aromatic nitrogens is 3. The van der Waals surface area contributed by atoms with Crippen molar-refractivity contribution in [2.75, 3.05) is 18.4 Å². The van der Waals surface area contributed by atoms with Gasteiger partial charge in [0.15, 0.2) is 0 Å². The molecular formula is C23H22FN5O3S2. The van der Waals surface area contributed by atoms with E-state index in [1.807, 2.05) is 0 Å². The lowest BCUT2D eigenvalue weighted by Crippen LogP contribution is -2.43. The summed E-state index contributed by atoms with van der Waals surface area (Å²) in [5, 5.41) is 7.84. The van der Waals surface area contributed by atoms with Crippen molar-refractivity contribution in [3.05, 3.63) is 66.1 Å². The van der Waals surface area contributed by atoms with Gasteiger partial charge in [0.05, 0.1) is 26.7 Å². The largest absolute Gasteiger partial charge is 0.310 e. The Balaban J connectivity index is 1.36. The lowest BCUT2D eigenvalue weighted by molar-refractivity contribution is -0.120. The highest BCUT2D eigenvalue weighted by Gasteiger charge is 2.33. The number of carbonyl (C=O) groups is 1. The topological polar surface area (TPSA) is 97.2 Å². The number of piperidine rings is 1. The molecule has 1 N–H and O–H groups in total. The molecular weight excluding hydrogens is 477 g/mol. The van der Waals surface area contributed by atoms with Gasteiger partial charge in [-0.1, -0.05) is 29.5 Å². The van der Waals surface area contributed by atoms with Gasteiger partial charge in [-0.25, -0.2) is 17.8 Å². The summed E-state index contributed by atoms with van der Waals surface area (Å²) in [5.74, 6) is -0.688. The first-order valence-electron chi connectivity index (χ1n) is 10.8. The van der Waals surface area contributed by atoms with E-state index >= 15 is 0 Å². The number of sulfonamides is 1. The highest BCUT2D eigenvalue weighted by atomic mass is 32.2. The van der Waals surface area contributed by atoms with Crippen LogP contribution >= 0.6 is 11.3 Å². The van der Waals surface area contributed by atoms with Gasteiger partial charge in [0.25, 0.3) is 0 Å². The molecule has 2 aromatic carbocycles. The summed E-state index contributed by atoms with van der Waals surface area (Å²) in [4.78, 5) is 17.9. The fourth-order valence-corrected chi connectivity index (χ4v) is 6.56. The Morgan fingerprint density at radius 1 is 1.18 bits per heavy atom. The zero-order chi connectivity index (χ0) is 23.9. The number of rotatable bonds is 5. The normalized spacial score (nSPS) is 17.2. The van der Waals surface area contributed by atoms with Crippen LogP contribution in [0.5, 0.6) is 0 Å². The van der Waals surface area contributed by atoms with E-state index in [0.717, 1.165) is 0 Å². The molecule has 3 heterocycles. The molecule has 4 aromatic rings. The number of hydrogen-bond acceptors (Lipinski definition) is 6. The third kappa shape index (κ3) is 4.33. The number of nitrogens with one attached hydrogen (secondary N) is 1. The third-order valence-corrected chi connectivity index (χ3v) is 8.61. The number of carbonyl (C=O) groups excluding carboxylic acids is 1. The molecule has 11 heteroatoms. The van der Waals surface area contributed by atoms with Crippen LogP contribution in [0.4, 0.5) is 10.2 Å². The average Bonchev–Trinajstić information content (AvgIpc) is 3.42. The van der Waals surface area contributed by atoms with E-state index in [9.17, 15) is 17.6 Å². The Kier molecular flexibility index (Phi) is 5.92. The molecule has 1 aliphatic rings. The van der Waals surface area contributed by atoms with Crippen molar-refractivity contribution in [1.29, 1.82) is 0 Å². The van der Waals surface area contributed by atoms with Gasteiger partial charge in [-0.2, -0.15) is 14.1 Å². The molecule has 0 bridgehead atoms. The summed E-state index contributed by atoms with van der Waals surface area (Å²) in [7, 11) is -3.67. The standard InChI is InChI=1S/C23H22FN5O3S2/c1-15-12-21(29(27-15)23-25-19-10-9-17(24)13-20(19)33-23)26-22(30)16-6-5-11-28(14-16)34(31,32)18-7-3-2-4-8-18/h2-4,7-10,12-13,16H,5-6,11,14H2,1H3,(H,26,30). The minimum atomic E-state index is -3.67. The smallest absolute Gasteiger partial charge is 0.243 e. The quantitative estimate of drug-likeness (QED) is 0.448. The Morgan fingerprint density at radius 3 is 2.76 bits per heavy atom. The maximum absolute atomic E-state index is 13.6. The van der Waals surface area contributed by atoms with Crippen molar-refractivity contribution in [3.63, 3.8) is 0 Å². The van der Waals surface area contributed by atoms with Crippen molar-refractivity contribution in [2.24, 2.45) is 5.92 Å². The number of hydrogen-bond donors (Lipinski definition) is 1. The molecule has 1 aliphatic heterocycles. The summed E-state index contributed by atoms with van der Waals surface area (Å²) in [6, 6.07) is 14.3. The minimum Gasteiger partial charge on any atom is -0.310 e. The van der Waals surface area contributed by atoms with Crippen LogP contribution in [0.2, 0.25) is 0 Å². The predicted octanol–water partition coefficient (Wildman–Crippen LogP) is 3.97. The fourth-order valence-electron chi connectivity index (χ4n) is 4.06. The Labute approximate surface area is 200 Å². The average molecular weight is 500 g/mol. The molecule has 1 unspecified atom stereocenters. The van der Waals surface area contributed by atoms with Crippen molar-refractivity contribution in [2.45, 2.75) is 24.7 Å². The second-order valence-electron chi connectivity index (χ2n) is 8.20. The first kappa shape index (κ1) is 22.6. The van der Waals surface area contributed by atoms with Gasteiger partial charge in [0, 0.05) is 19.2 Å². The lowest BCUT2D eigenvalue weighted by Gasteiger charge is -2.31. The number of anilines is 1. The first-order chi connectivity index (χ1) is 16.3. The zero-order valence-electron chi connectivity index (χ0n) is 18.3. The van der Waals surface area contributed by atoms with Crippen molar-refractivity contribution < 1.29 is 17.6 Å². The van der Waals surface area contributed by atoms with Crippen LogP contribution in [0.1, 0.15) is 18.5 Å². The van der Waals surface area contributed by atoms with Crippen LogP contribution in [-0.4, -0.2) is 46.5 Å². The number of thiazole rings is 1. The molecule has 2 aromatic heterocycles. The van der Waals surface area contributed by atoms with Crippen LogP contribution < -0.4 is 5.32 Å². The third-order valence-electron chi connectivity index (χ3n) is 5.74. The van der Waals surface area contributed by atoms with Gasteiger partial charge >= 0.3 is 0 Å². The molecule has 1 atom stereocenters. The molecule has 1 fully saturated rings. The van der Waals surface area contributed by atoms with E-state index in [0.29, 0.717) is 46.2 Å². The second-order valence-corrected chi connectivity index (χ2v) is 11.1. The van der Waals surface area contributed by atoms with Crippen molar-refractivity contribution in [1.82, 2.24) is 19.1 Å². The van der Waals surface area contributed by atoms with E-state index in [2.05, 4.69) is 15.4 Å². The molecule has 0 radical (unpaired) electrons. The van der Waals surface area contributed by atoms with Crippen LogP contribution in [0.15, 0.2) is 59.5 Å². The van der Waals surface area contributed by atoms with Crippen LogP contribution in [0.25, 0.3) is 15.3 Å². The second kappa shape index (κ2) is 8.90. The lowest BCUT2D eigenvalue weighted by atomic mass is 9.99. The number of aryl methyl sites for hydroxylation is 1. The van der Waals surface area contributed by atoms with E-state index < -0.39 is 15.9 Å². The van der Waals surface area contributed by atoms with Crippen molar-refractivity contribution >= 4 is 43.3 Å². The fraction of sp³-hybridized carbons (Fsp3) is 0.261. The van der Waals surface area contributed by atoms with Crippen molar-refractivity contribution in [3.8, 4) is 5.13 Å². The van der Waals surface area contributed by atoms with Gasteiger partial charge in [-0.3, -0.25) is 4.79 Å². The highest BCUT2D eigenvalue weighted by Crippen LogP contribution is 2.29. The number of benzene rings is 2. The molecule has 8 nitrogen and oxygen atoms in total. The van der Waals surface area contributed by atoms with E-state index in [-0.39, 0.29) is 23.2 Å². The summed E-state index contributed by atoms with van der Waals surface area (Å²) in [6.07, 6.45) is 1.17. The van der Waals surface area contributed by atoms with E-state index in [1.54, 1.807) is 49.4 Å². The van der Waals surface area contributed by atoms with Gasteiger partial charge < -0.3 is 5.32 Å². The Hall–Kier alpha value is -3.15. The predicted molar refractivity (Wildman–Crippen MR) is 128 cm³/mol. The summed E-state index contributed by atoms with van der Waals surface area (Å²) in [5.41, 5.74) is 1.32. The molecule has 1 saturated heterocycles. The number of halogens is 1. The minimum absolute atomic E-state index is 0.108. The maximum Gasteiger partial charge on any atom is 0.243 e. The highest BCUT2D eigenvalue weighted by molar-refractivity contribution is 7.89. The van der Waals surface area contributed by atoms with Gasteiger partial charge in [-0.05, 0) is 50.1 Å². The van der Waals surface area contributed by atoms with Crippen LogP contribution in [0, 0.1) is 18.7 Å². The molecule has 176 valence electrons. The molecule has 0 aliphatic carbocycles. The van der Waals surface area contributed by atoms with E-state index in [1.165, 1.54) is 32.5 Å². The van der Waals surface area contributed by atoms with Gasteiger partial charge in [-0.15, -0.1) is 0 Å². The number of amides is 1. The van der Waals surface area contributed by atoms with Gasteiger partial charge in [0.2, 0.25) is 21.1 Å². The molecule has 0 saturated carbocycles. The summed E-state index contributed by atoms with van der Waals surface area (Å²) >= 11 is 1.27. The molecule has 34 heavy (non-hydrogen) atoms. The number of fused-ring (bicyclic) bond motifs is 1. The van der Waals surface area contributed by atoms with Gasteiger partial charge in [0.1, 0.15) is 11.6 Å². The molecule has 5 rings (SSSR count). The summed E-state index contributed by atoms with van der Waals surface area (Å²) in [6.45, 7) is 2.28. The number of nitrogens with zero attached hydrogens (tertiary/aromatic N) is 4. The SMILES string of the molecule is Cc1cc(NC(=O)C2CCCN(S(=O)(=O)c3ccccc3)C2)n(-c2nc3ccc(F)cc3s2)n1.